The number of aromatic nitrogens is 2. The van der Waals surface area contributed by atoms with E-state index in [9.17, 15) is 0 Å². The Morgan fingerprint density at radius 2 is 1.49 bits per heavy atom. The van der Waals surface area contributed by atoms with Gasteiger partial charge in [-0.1, -0.05) is 54.6 Å². The zero-order valence-corrected chi connectivity index (χ0v) is 24.4. The molecule has 0 unspecified atom stereocenters. The molecule has 214 valence electrons. The quantitative estimate of drug-likeness (QED) is 0.217. The molecular formula is C35H32N6O2. The molecule has 4 aromatic carbocycles. The van der Waals surface area contributed by atoms with Crippen LogP contribution in [0.3, 0.4) is 0 Å². The molecule has 0 saturated heterocycles. The van der Waals surface area contributed by atoms with Crippen molar-refractivity contribution in [1.29, 1.82) is 0 Å². The number of amidine groups is 2. The summed E-state index contributed by atoms with van der Waals surface area (Å²) in [5.74, 6) is 3.70. The molecule has 2 aliphatic heterocycles. The number of para-hydroxylation sites is 5. The fourth-order valence-electron chi connectivity index (χ4n) is 5.75. The van der Waals surface area contributed by atoms with E-state index in [2.05, 4.69) is 35.3 Å². The van der Waals surface area contributed by atoms with Crippen LogP contribution in [0.1, 0.15) is 36.7 Å². The predicted molar refractivity (Wildman–Crippen MR) is 172 cm³/mol. The highest BCUT2D eigenvalue weighted by atomic mass is 16.5. The second kappa shape index (κ2) is 11.1. The van der Waals surface area contributed by atoms with Gasteiger partial charge in [0.25, 0.3) is 0 Å². The van der Waals surface area contributed by atoms with Crippen molar-refractivity contribution in [3.8, 4) is 17.2 Å². The van der Waals surface area contributed by atoms with E-state index in [-0.39, 0.29) is 6.04 Å². The number of hydrogen-bond acceptors (Lipinski definition) is 7. The van der Waals surface area contributed by atoms with E-state index < -0.39 is 0 Å². The number of aliphatic imine (C=N–C) groups is 2. The van der Waals surface area contributed by atoms with E-state index in [0.717, 1.165) is 56.9 Å². The Labute approximate surface area is 251 Å². The van der Waals surface area contributed by atoms with Crippen LogP contribution in [0.2, 0.25) is 0 Å². The predicted octanol–water partition coefficient (Wildman–Crippen LogP) is 7.77. The largest absolute Gasteiger partial charge is 0.494 e. The van der Waals surface area contributed by atoms with Gasteiger partial charge < -0.3 is 19.7 Å². The molecule has 2 aliphatic rings. The molecule has 1 atom stereocenters. The first kappa shape index (κ1) is 26.5. The normalized spacial score (nSPS) is 15.0. The molecule has 0 aliphatic carbocycles. The molecule has 8 heteroatoms. The number of nitrogens with zero attached hydrogens (tertiary/aromatic N) is 5. The van der Waals surface area contributed by atoms with Gasteiger partial charge in [-0.2, -0.15) is 5.10 Å². The maximum Gasteiger partial charge on any atom is 0.179 e. The van der Waals surface area contributed by atoms with E-state index in [1.165, 1.54) is 0 Å². The molecule has 43 heavy (non-hydrogen) atoms. The summed E-state index contributed by atoms with van der Waals surface area (Å²) in [5, 5.41) is 8.60. The third-order valence-electron chi connectivity index (χ3n) is 7.59. The van der Waals surface area contributed by atoms with Gasteiger partial charge in [-0.3, -0.25) is 0 Å². The summed E-state index contributed by atoms with van der Waals surface area (Å²) < 4.78 is 13.7. The van der Waals surface area contributed by atoms with E-state index in [1.807, 2.05) is 103 Å². The van der Waals surface area contributed by atoms with Gasteiger partial charge in [0, 0.05) is 5.56 Å². The first-order valence-corrected chi connectivity index (χ1v) is 14.6. The lowest BCUT2D eigenvalue weighted by atomic mass is 9.93. The minimum atomic E-state index is -0.216. The Morgan fingerprint density at radius 3 is 2.28 bits per heavy atom. The van der Waals surface area contributed by atoms with E-state index in [1.54, 1.807) is 0 Å². The average molecular weight is 569 g/mol. The van der Waals surface area contributed by atoms with Crippen LogP contribution in [0.25, 0.3) is 5.69 Å². The fraction of sp³-hybridized carbons (Fsp3) is 0.171. The number of benzene rings is 4. The van der Waals surface area contributed by atoms with Crippen molar-refractivity contribution < 1.29 is 9.47 Å². The van der Waals surface area contributed by atoms with Gasteiger partial charge in [0.15, 0.2) is 17.5 Å². The lowest BCUT2D eigenvalue weighted by Crippen LogP contribution is -2.46. The monoisotopic (exact) mass is 568 g/mol. The van der Waals surface area contributed by atoms with E-state index >= 15 is 0 Å². The van der Waals surface area contributed by atoms with Crippen molar-refractivity contribution in [2.45, 2.75) is 26.8 Å². The highest BCUT2D eigenvalue weighted by molar-refractivity contribution is 6.51. The third-order valence-corrected chi connectivity index (χ3v) is 7.59. The molecule has 0 amide bonds. The summed E-state index contributed by atoms with van der Waals surface area (Å²) in [5.41, 5.74) is 6.64. The number of nitrogens with one attached hydrogen (secondary N) is 1. The molecule has 0 radical (unpaired) electrons. The molecule has 8 nitrogen and oxygen atoms in total. The van der Waals surface area contributed by atoms with Crippen LogP contribution in [-0.2, 0) is 0 Å². The first-order chi connectivity index (χ1) is 21.2. The molecule has 0 fully saturated rings. The van der Waals surface area contributed by atoms with Crippen LogP contribution in [0, 0.1) is 6.92 Å². The highest BCUT2D eigenvalue weighted by Crippen LogP contribution is 2.48. The number of ether oxygens (including phenoxy) is 2. The van der Waals surface area contributed by atoms with Gasteiger partial charge in [-0.25, -0.2) is 14.7 Å². The topological polar surface area (TPSA) is 76.3 Å². The fourth-order valence-corrected chi connectivity index (χ4v) is 5.75. The molecule has 1 N–H and O–H groups in total. The zero-order valence-electron chi connectivity index (χ0n) is 24.4. The summed E-state index contributed by atoms with van der Waals surface area (Å²) in [6.45, 7) is 7.20. The number of anilines is 2. The lowest BCUT2D eigenvalue weighted by molar-refractivity contribution is 0.340. The second-order valence-corrected chi connectivity index (χ2v) is 10.3. The van der Waals surface area contributed by atoms with Crippen LogP contribution in [0.5, 0.6) is 11.5 Å². The summed E-state index contributed by atoms with van der Waals surface area (Å²) in [6.07, 6.45) is 0. The summed E-state index contributed by atoms with van der Waals surface area (Å²) in [6, 6.07) is 34.3. The van der Waals surface area contributed by atoms with Crippen molar-refractivity contribution in [2.24, 2.45) is 9.98 Å². The number of aryl methyl sites for hydroxylation is 1. The summed E-state index contributed by atoms with van der Waals surface area (Å²) >= 11 is 0. The molecule has 5 aromatic rings. The Kier molecular flexibility index (Phi) is 6.87. The minimum Gasteiger partial charge on any atom is -0.494 e. The van der Waals surface area contributed by atoms with Crippen LogP contribution in [0.15, 0.2) is 113 Å². The van der Waals surface area contributed by atoms with Crippen molar-refractivity contribution in [2.75, 3.05) is 23.4 Å². The van der Waals surface area contributed by atoms with E-state index in [4.69, 9.17) is 24.6 Å². The Hall–Kier alpha value is -5.37. The molecular weight excluding hydrogens is 536 g/mol. The Morgan fingerprint density at radius 1 is 0.767 bits per heavy atom. The van der Waals surface area contributed by atoms with Crippen LogP contribution < -0.4 is 19.7 Å². The zero-order chi connectivity index (χ0) is 29.3. The van der Waals surface area contributed by atoms with E-state index in [0.29, 0.717) is 24.9 Å². The molecule has 7 rings (SSSR count). The van der Waals surface area contributed by atoms with Gasteiger partial charge in [-0.15, -0.1) is 0 Å². The van der Waals surface area contributed by atoms with Gasteiger partial charge in [0.05, 0.1) is 47.7 Å². The van der Waals surface area contributed by atoms with Crippen molar-refractivity contribution in [3.05, 3.63) is 120 Å². The Balaban J connectivity index is 1.46. The SMILES string of the molecule is CCOc1ccc([C@H]2c3c(C)nn(-c4ccccc4)c3N=C3C(Nc4ccccc4OCC)=Nc4ccccc4N32)cc1. The van der Waals surface area contributed by atoms with Gasteiger partial charge in [0.1, 0.15) is 11.5 Å². The van der Waals surface area contributed by atoms with Crippen LogP contribution >= 0.6 is 0 Å². The van der Waals surface area contributed by atoms with Crippen LogP contribution in [0.4, 0.5) is 22.9 Å². The number of hydrogen-bond donors (Lipinski definition) is 1. The lowest BCUT2D eigenvalue weighted by Gasteiger charge is -2.40. The number of fused-ring (bicyclic) bond motifs is 4. The number of rotatable bonds is 7. The maximum absolute atomic E-state index is 5.95. The standard InChI is InChI=1S/C35H32N6O2/c1-4-42-26-21-19-24(20-22-26)32-31-23(3)39-41(25-13-7-6-8-14-25)34(31)38-35-33(36-27-15-9-11-17-29(27)40(32)35)37-28-16-10-12-18-30(28)43-5-2/h6-22,32H,4-5H2,1-3H3,(H,36,37)/t32-/m0/s1. The summed E-state index contributed by atoms with van der Waals surface area (Å²) in [7, 11) is 0. The minimum absolute atomic E-state index is 0.216. The molecule has 1 aromatic heterocycles. The third kappa shape index (κ3) is 4.70. The van der Waals surface area contributed by atoms with Gasteiger partial charge in [0.2, 0.25) is 0 Å². The van der Waals surface area contributed by atoms with Crippen molar-refractivity contribution in [3.63, 3.8) is 0 Å². The molecule has 0 spiro atoms. The van der Waals surface area contributed by atoms with Crippen LogP contribution in [-0.4, -0.2) is 34.7 Å². The maximum atomic E-state index is 5.95. The van der Waals surface area contributed by atoms with Gasteiger partial charge in [-0.05, 0) is 74.9 Å². The molecule has 0 saturated carbocycles. The average Bonchev–Trinajstić information content (AvgIpc) is 3.38. The summed E-state index contributed by atoms with van der Waals surface area (Å²) in [4.78, 5) is 12.7. The Bertz CT molecular complexity index is 1840. The van der Waals surface area contributed by atoms with Crippen molar-refractivity contribution in [1.82, 2.24) is 9.78 Å². The smallest absolute Gasteiger partial charge is 0.179 e. The molecule has 0 bridgehead atoms. The highest BCUT2D eigenvalue weighted by Gasteiger charge is 2.41. The molecule has 3 heterocycles. The first-order valence-electron chi connectivity index (χ1n) is 14.6. The second-order valence-electron chi connectivity index (χ2n) is 10.3. The van der Waals surface area contributed by atoms with Gasteiger partial charge >= 0.3 is 0 Å². The van der Waals surface area contributed by atoms with Crippen molar-refractivity contribution >= 4 is 34.6 Å².